The Labute approximate surface area is 185 Å². The summed E-state index contributed by atoms with van der Waals surface area (Å²) in [5.41, 5.74) is 4.27. The maximum absolute atomic E-state index is 13.2. The molecule has 0 atom stereocenters. The largest absolute Gasteiger partial charge is 0.454 e. The second-order valence-electron chi connectivity index (χ2n) is 8.12. The number of hydrogen-bond acceptors (Lipinski definition) is 5. The van der Waals surface area contributed by atoms with Gasteiger partial charge in [0, 0.05) is 23.9 Å². The zero-order valence-corrected chi connectivity index (χ0v) is 17.9. The van der Waals surface area contributed by atoms with E-state index in [1.54, 1.807) is 25.4 Å². The molecule has 32 heavy (non-hydrogen) atoms. The Balaban J connectivity index is 1.38. The fourth-order valence-electron chi connectivity index (χ4n) is 4.06. The molecule has 1 aliphatic carbocycles. The van der Waals surface area contributed by atoms with Gasteiger partial charge in [-0.05, 0) is 61.2 Å². The Morgan fingerprint density at radius 2 is 1.75 bits per heavy atom. The van der Waals surface area contributed by atoms with E-state index in [-0.39, 0.29) is 18.6 Å². The SMILES string of the molecule is CNC(=O)c1ccc(-c2cc(NC(=O)C3(c4ccc5c(c4)OCO5)CC3)cnc2C)cc1. The van der Waals surface area contributed by atoms with Crippen LogP contribution in [0.1, 0.15) is 34.5 Å². The molecule has 2 aromatic carbocycles. The summed E-state index contributed by atoms with van der Waals surface area (Å²) in [7, 11) is 1.60. The minimum Gasteiger partial charge on any atom is -0.454 e. The summed E-state index contributed by atoms with van der Waals surface area (Å²) in [5.74, 6) is 1.20. The smallest absolute Gasteiger partial charge is 0.251 e. The second kappa shape index (κ2) is 7.67. The van der Waals surface area contributed by atoms with E-state index in [0.717, 1.165) is 35.2 Å². The lowest BCUT2D eigenvalue weighted by atomic mass is 9.94. The Hall–Kier alpha value is -3.87. The van der Waals surface area contributed by atoms with E-state index >= 15 is 0 Å². The van der Waals surface area contributed by atoms with Crippen molar-refractivity contribution in [3.8, 4) is 22.6 Å². The summed E-state index contributed by atoms with van der Waals surface area (Å²) in [4.78, 5) is 29.5. The quantitative estimate of drug-likeness (QED) is 0.644. The normalized spacial score (nSPS) is 15.2. The van der Waals surface area contributed by atoms with Crippen molar-refractivity contribution in [2.24, 2.45) is 0 Å². The van der Waals surface area contributed by atoms with Gasteiger partial charge in [-0.2, -0.15) is 0 Å². The highest BCUT2D eigenvalue weighted by molar-refractivity contribution is 6.02. The van der Waals surface area contributed by atoms with Crippen LogP contribution in [0, 0.1) is 6.92 Å². The predicted molar refractivity (Wildman–Crippen MR) is 120 cm³/mol. The molecule has 2 heterocycles. The van der Waals surface area contributed by atoms with Crippen molar-refractivity contribution in [2.75, 3.05) is 19.2 Å². The van der Waals surface area contributed by atoms with E-state index in [1.807, 2.05) is 43.3 Å². The van der Waals surface area contributed by atoms with Crippen LogP contribution in [0.5, 0.6) is 11.5 Å². The molecule has 2 aliphatic rings. The summed E-state index contributed by atoms with van der Waals surface area (Å²) in [6, 6.07) is 14.9. The number of benzene rings is 2. The number of carbonyl (C=O) groups is 2. The van der Waals surface area contributed by atoms with E-state index in [1.165, 1.54) is 0 Å². The van der Waals surface area contributed by atoms with Gasteiger partial charge in [0.05, 0.1) is 17.3 Å². The van der Waals surface area contributed by atoms with Gasteiger partial charge in [0.15, 0.2) is 11.5 Å². The van der Waals surface area contributed by atoms with E-state index in [9.17, 15) is 9.59 Å². The summed E-state index contributed by atoms with van der Waals surface area (Å²) >= 11 is 0. The van der Waals surface area contributed by atoms with Gasteiger partial charge in [0.1, 0.15) is 0 Å². The van der Waals surface area contributed by atoms with Crippen molar-refractivity contribution in [1.29, 1.82) is 0 Å². The number of pyridine rings is 1. The number of fused-ring (bicyclic) bond motifs is 1. The first-order valence-corrected chi connectivity index (χ1v) is 10.5. The van der Waals surface area contributed by atoms with Crippen molar-refractivity contribution in [2.45, 2.75) is 25.2 Å². The van der Waals surface area contributed by atoms with Crippen LogP contribution >= 0.6 is 0 Å². The van der Waals surface area contributed by atoms with Crippen LogP contribution in [-0.2, 0) is 10.2 Å². The highest BCUT2D eigenvalue weighted by Crippen LogP contribution is 2.51. The molecule has 1 aliphatic heterocycles. The first-order chi connectivity index (χ1) is 15.5. The van der Waals surface area contributed by atoms with E-state index in [2.05, 4.69) is 15.6 Å². The van der Waals surface area contributed by atoms with Gasteiger partial charge in [-0.3, -0.25) is 14.6 Å². The number of carbonyl (C=O) groups excluding carboxylic acids is 2. The van der Waals surface area contributed by atoms with Crippen molar-refractivity contribution in [3.63, 3.8) is 0 Å². The molecule has 162 valence electrons. The maximum atomic E-state index is 13.2. The van der Waals surface area contributed by atoms with Crippen molar-refractivity contribution < 1.29 is 19.1 Å². The molecule has 7 heteroatoms. The number of ether oxygens (including phenoxy) is 2. The van der Waals surface area contributed by atoms with Crippen LogP contribution in [-0.4, -0.2) is 30.6 Å². The number of nitrogens with zero attached hydrogens (tertiary/aromatic N) is 1. The lowest BCUT2D eigenvalue weighted by Crippen LogP contribution is -2.27. The Bertz CT molecular complexity index is 1220. The van der Waals surface area contributed by atoms with E-state index < -0.39 is 5.41 Å². The number of aryl methyl sites for hydroxylation is 1. The number of aromatic nitrogens is 1. The van der Waals surface area contributed by atoms with Crippen LogP contribution in [0.2, 0.25) is 0 Å². The van der Waals surface area contributed by atoms with Crippen LogP contribution in [0.25, 0.3) is 11.1 Å². The topological polar surface area (TPSA) is 89.6 Å². The molecular formula is C25H23N3O4. The number of anilines is 1. The summed E-state index contributed by atoms with van der Waals surface area (Å²) in [6.45, 7) is 2.13. The van der Waals surface area contributed by atoms with Crippen LogP contribution in [0.4, 0.5) is 5.69 Å². The van der Waals surface area contributed by atoms with Gasteiger partial charge in [-0.25, -0.2) is 0 Å². The average Bonchev–Trinajstić information content (AvgIpc) is 3.50. The van der Waals surface area contributed by atoms with Crippen LogP contribution in [0.15, 0.2) is 54.7 Å². The van der Waals surface area contributed by atoms with Gasteiger partial charge in [0.2, 0.25) is 12.7 Å². The Morgan fingerprint density at radius 3 is 2.47 bits per heavy atom. The molecule has 0 unspecified atom stereocenters. The van der Waals surface area contributed by atoms with Crippen molar-refractivity contribution in [3.05, 3.63) is 71.5 Å². The Kier molecular flexibility index (Phi) is 4.81. The third-order valence-electron chi connectivity index (χ3n) is 6.14. The zero-order valence-electron chi connectivity index (χ0n) is 17.9. The molecule has 0 bridgehead atoms. The molecule has 0 saturated heterocycles. The number of hydrogen-bond donors (Lipinski definition) is 2. The van der Waals surface area contributed by atoms with Crippen LogP contribution in [0.3, 0.4) is 0 Å². The highest BCUT2D eigenvalue weighted by atomic mass is 16.7. The second-order valence-corrected chi connectivity index (χ2v) is 8.12. The van der Waals surface area contributed by atoms with Crippen molar-refractivity contribution in [1.82, 2.24) is 10.3 Å². The number of rotatable bonds is 5. The van der Waals surface area contributed by atoms with Gasteiger partial charge in [-0.1, -0.05) is 18.2 Å². The third-order valence-corrected chi connectivity index (χ3v) is 6.14. The van der Waals surface area contributed by atoms with Crippen molar-refractivity contribution >= 4 is 17.5 Å². The molecule has 3 aromatic rings. The molecule has 0 spiro atoms. The molecule has 7 nitrogen and oxygen atoms in total. The summed E-state index contributed by atoms with van der Waals surface area (Å²) < 4.78 is 10.9. The first kappa shape index (κ1) is 20.1. The molecule has 1 aromatic heterocycles. The highest BCUT2D eigenvalue weighted by Gasteiger charge is 2.51. The van der Waals surface area contributed by atoms with Gasteiger partial charge in [0.25, 0.3) is 5.91 Å². The summed E-state index contributed by atoms with van der Waals surface area (Å²) in [6.07, 6.45) is 3.24. The lowest BCUT2D eigenvalue weighted by molar-refractivity contribution is -0.118. The predicted octanol–water partition coefficient (Wildman–Crippen LogP) is 3.82. The monoisotopic (exact) mass is 429 g/mol. The molecule has 5 rings (SSSR count). The standard InChI is InChI=1S/C25H23N3O4/c1-15-20(16-3-5-17(6-4-16)23(29)26-2)12-19(13-27-15)28-24(30)25(9-10-25)18-7-8-21-22(11-18)32-14-31-21/h3-8,11-13H,9-10,14H2,1-2H3,(H,26,29)(H,28,30). The minimum absolute atomic E-state index is 0.0528. The fraction of sp³-hybridized carbons (Fsp3) is 0.240. The van der Waals surface area contributed by atoms with Crippen LogP contribution < -0.4 is 20.1 Å². The lowest BCUT2D eigenvalue weighted by Gasteiger charge is -2.17. The van der Waals surface area contributed by atoms with Gasteiger partial charge in [-0.15, -0.1) is 0 Å². The van der Waals surface area contributed by atoms with Gasteiger partial charge >= 0.3 is 0 Å². The molecule has 1 fully saturated rings. The fourth-order valence-corrected chi connectivity index (χ4v) is 4.06. The average molecular weight is 429 g/mol. The van der Waals surface area contributed by atoms with Gasteiger partial charge < -0.3 is 20.1 Å². The maximum Gasteiger partial charge on any atom is 0.251 e. The zero-order chi connectivity index (χ0) is 22.3. The third kappa shape index (κ3) is 3.45. The molecule has 1 saturated carbocycles. The van der Waals surface area contributed by atoms with E-state index in [0.29, 0.717) is 22.7 Å². The molecule has 2 amide bonds. The molecule has 0 radical (unpaired) electrons. The Morgan fingerprint density at radius 1 is 1.00 bits per heavy atom. The first-order valence-electron chi connectivity index (χ1n) is 10.5. The summed E-state index contributed by atoms with van der Waals surface area (Å²) in [5, 5.41) is 5.67. The minimum atomic E-state index is -0.554. The molecule has 2 N–H and O–H groups in total. The molecular weight excluding hydrogens is 406 g/mol. The number of amides is 2. The number of nitrogens with one attached hydrogen (secondary N) is 2. The van der Waals surface area contributed by atoms with E-state index in [4.69, 9.17) is 9.47 Å².